The summed E-state index contributed by atoms with van der Waals surface area (Å²) in [5, 5.41) is 1.78. The molecule has 0 amide bonds. The standard InChI is InChI=1S/C6H9ClF3NO.ClH/c7-2-4-1-5(3-11-4)12-6(8,9)10;/h4-5,11H,1-3H2;1H/t4-,5-;/m0./s1. The minimum absolute atomic E-state index is 0. The monoisotopic (exact) mass is 239 g/mol. The van der Waals surface area contributed by atoms with Gasteiger partial charge in [-0.3, -0.25) is 4.74 Å². The second-order valence-corrected chi connectivity index (χ2v) is 3.12. The molecular formula is C6H10Cl2F3NO. The van der Waals surface area contributed by atoms with Gasteiger partial charge in [0.15, 0.2) is 0 Å². The van der Waals surface area contributed by atoms with Crippen molar-refractivity contribution in [2.45, 2.75) is 24.9 Å². The third-order valence-electron chi connectivity index (χ3n) is 1.80. The molecule has 2 N–H and O–H groups in total. The first-order valence-corrected chi connectivity index (χ1v) is 4.18. The van der Waals surface area contributed by atoms with Gasteiger partial charge in [-0.05, 0) is 0 Å². The van der Waals surface area contributed by atoms with E-state index >= 15 is 0 Å². The van der Waals surface area contributed by atoms with Crippen molar-refractivity contribution in [3.05, 3.63) is 0 Å². The third kappa shape index (κ3) is 4.90. The Labute approximate surface area is 85.2 Å². The van der Waals surface area contributed by atoms with Gasteiger partial charge in [-0.1, -0.05) is 0 Å². The largest absolute Gasteiger partial charge is 1.00 e. The normalized spacial score (nSPS) is 28.6. The van der Waals surface area contributed by atoms with E-state index in [9.17, 15) is 13.2 Å². The van der Waals surface area contributed by atoms with Gasteiger partial charge in [-0.15, -0.1) is 24.8 Å². The van der Waals surface area contributed by atoms with Gasteiger partial charge in [0.05, 0.1) is 5.88 Å². The quantitative estimate of drug-likeness (QED) is 0.529. The molecule has 2 atom stereocenters. The number of nitrogens with two attached hydrogens (primary N) is 1. The molecule has 2 nitrogen and oxygen atoms in total. The highest BCUT2D eigenvalue weighted by Crippen LogP contribution is 2.21. The van der Waals surface area contributed by atoms with Crippen LogP contribution in [0.4, 0.5) is 13.2 Å². The van der Waals surface area contributed by atoms with Crippen LogP contribution in [-0.2, 0) is 4.74 Å². The zero-order valence-corrected chi connectivity index (χ0v) is 8.16. The Kier molecular flexibility index (Phi) is 5.36. The molecule has 13 heavy (non-hydrogen) atoms. The Balaban J connectivity index is 0.00000144. The second kappa shape index (κ2) is 5.24. The van der Waals surface area contributed by atoms with E-state index in [-0.39, 0.29) is 18.4 Å². The first kappa shape index (κ1) is 13.3. The average Bonchev–Trinajstić information content (AvgIpc) is 2.32. The maximum absolute atomic E-state index is 11.7. The fourth-order valence-corrected chi connectivity index (χ4v) is 1.54. The van der Waals surface area contributed by atoms with Crippen molar-refractivity contribution < 1.29 is 35.6 Å². The molecule has 0 spiro atoms. The summed E-state index contributed by atoms with van der Waals surface area (Å²) in [4.78, 5) is 0. The molecule has 0 bridgehead atoms. The van der Waals surface area contributed by atoms with Gasteiger partial charge in [0.1, 0.15) is 18.7 Å². The van der Waals surface area contributed by atoms with Gasteiger partial charge in [-0.2, -0.15) is 0 Å². The molecule has 1 aliphatic heterocycles. The van der Waals surface area contributed by atoms with E-state index in [0.717, 1.165) is 0 Å². The number of hydrogen-bond donors (Lipinski definition) is 1. The molecule has 80 valence electrons. The number of ether oxygens (including phenoxy) is 1. The summed E-state index contributed by atoms with van der Waals surface area (Å²) in [7, 11) is 0. The summed E-state index contributed by atoms with van der Waals surface area (Å²) in [5.41, 5.74) is 0. The number of hydrogen-bond acceptors (Lipinski definition) is 1. The summed E-state index contributed by atoms with van der Waals surface area (Å²) in [6.45, 7) is 0.344. The first-order valence-electron chi connectivity index (χ1n) is 3.65. The molecule has 0 radical (unpaired) electrons. The Morgan fingerprint density at radius 2 is 2.08 bits per heavy atom. The molecule has 7 heteroatoms. The van der Waals surface area contributed by atoms with Crippen molar-refractivity contribution in [2.24, 2.45) is 0 Å². The Hall–Kier alpha value is 0.290. The fourth-order valence-electron chi connectivity index (χ4n) is 1.29. The van der Waals surface area contributed by atoms with Crippen molar-refractivity contribution in [1.29, 1.82) is 0 Å². The van der Waals surface area contributed by atoms with Crippen LogP contribution in [0.5, 0.6) is 0 Å². The smallest absolute Gasteiger partial charge is 0.522 e. The summed E-state index contributed by atoms with van der Waals surface area (Å²) in [6, 6.07) is 0.0685. The van der Waals surface area contributed by atoms with Gasteiger partial charge < -0.3 is 17.7 Å². The number of quaternary nitrogens is 1. The molecule has 1 saturated heterocycles. The molecule has 1 fully saturated rings. The number of rotatable bonds is 2. The van der Waals surface area contributed by atoms with Crippen molar-refractivity contribution >= 4 is 11.6 Å². The molecular weight excluding hydrogens is 230 g/mol. The fraction of sp³-hybridized carbons (Fsp3) is 1.00. The van der Waals surface area contributed by atoms with Crippen LogP contribution >= 0.6 is 11.6 Å². The van der Waals surface area contributed by atoms with Crippen molar-refractivity contribution in [2.75, 3.05) is 12.4 Å². The minimum atomic E-state index is -4.51. The highest BCUT2D eigenvalue weighted by molar-refractivity contribution is 6.18. The van der Waals surface area contributed by atoms with E-state index in [1.54, 1.807) is 5.32 Å². The zero-order chi connectivity index (χ0) is 9.19. The summed E-state index contributed by atoms with van der Waals surface area (Å²) >= 11 is 5.48. The van der Waals surface area contributed by atoms with Gasteiger partial charge in [0, 0.05) is 6.42 Å². The third-order valence-corrected chi connectivity index (χ3v) is 2.19. The molecule has 1 aliphatic rings. The van der Waals surface area contributed by atoms with Crippen LogP contribution in [-0.4, -0.2) is 30.9 Å². The Morgan fingerprint density at radius 1 is 1.46 bits per heavy atom. The van der Waals surface area contributed by atoms with Crippen LogP contribution < -0.4 is 17.7 Å². The lowest BCUT2D eigenvalue weighted by Crippen LogP contribution is -3.00. The lowest BCUT2D eigenvalue weighted by molar-refractivity contribution is -0.669. The maximum Gasteiger partial charge on any atom is 0.522 e. The van der Waals surface area contributed by atoms with Crippen LogP contribution in [0.1, 0.15) is 6.42 Å². The second-order valence-electron chi connectivity index (χ2n) is 2.81. The lowest BCUT2D eigenvalue weighted by Gasteiger charge is -2.10. The molecule has 0 aromatic heterocycles. The highest BCUT2D eigenvalue weighted by Gasteiger charge is 2.38. The molecule has 0 aliphatic carbocycles. The molecule has 1 rings (SSSR count). The van der Waals surface area contributed by atoms with E-state index in [1.807, 2.05) is 0 Å². The molecule has 0 saturated carbocycles. The summed E-state index contributed by atoms with van der Waals surface area (Å²) in [6.07, 6.45) is -4.86. The SMILES string of the molecule is FC(F)(F)O[C@@H]1C[NH2+][C@H](CCl)C1.[Cl-]. The summed E-state index contributed by atoms with van der Waals surface area (Å²) in [5.74, 6) is 0.373. The van der Waals surface area contributed by atoms with Gasteiger partial charge in [-0.25, -0.2) is 0 Å². The average molecular weight is 240 g/mol. The molecule has 1 heterocycles. The van der Waals surface area contributed by atoms with Crippen LogP contribution in [0, 0.1) is 0 Å². The van der Waals surface area contributed by atoms with Gasteiger partial charge >= 0.3 is 6.36 Å². The number of alkyl halides is 4. The maximum atomic E-state index is 11.7. The first-order chi connectivity index (χ1) is 5.51. The minimum Gasteiger partial charge on any atom is -1.00 e. The van der Waals surface area contributed by atoms with Crippen LogP contribution in [0.3, 0.4) is 0 Å². The van der Waals surface area contributed by atoms with Gasteiger partial charge in [0.25, 0.3) is 0 Å². The van der Waals surface area contributed by atoms with Gasteiger partial charge in [0.2, 0.25) is 0 Å². The molecule has 0 aromatic carbocycles. The Morgan fingerprint density at radius 3 is 2.46 bits per heavy atom. The van der Waals surface area contributed by atoms with Crippen molar-refractivity contribution in [1.82, 2.24) is 0 Å². The van der Waals surface area contributed by atoms with E-state index in [0.29, 0.717) is 18.8 Å². The van der Waals surface area contributed by atoms with Crippen LogP contribution in [0.2, 0.25) is 0 Å². The molecule has 0 unspecified atom stereocenters. The van der Waals surface area contributed by atoms with Crippen LogP contribution in [0.25, 0.3) is 0 Å². The predicted octanol–water partition coefficient (Wildman–Crippen LogP) is -2.53. The van der Waals surface area contributed by atoms with Crippen molar-refractivity contribution in [3.63, 3.8) is 0 Å². The van der Waals surface area contributed by atoms with E-state index in [1.165, 1.54) is 0 Å². The predicted molar refractivity (Wildman–Crippen MR) is 36.8 cm³/mol. The lowest BCUT2D eigenvalue weighted by atomic mass is 10.2. The van der Waals surface area contributed by atoms with E-state index in [2.05, 4.69) is 4.74 Å². The van der Waals surface area contributed by atoms with E-state index < -0.39 is 12.5 Å². The highest BCUT2D eigenvalue weighted by atomic mass is 35.5. The van der Waals surface area contributed by atoms with Crippen LogP contribution in [0.15, 0.2) is 0 Å². The zero-order valence-electron chi connectivity index (χ0n) is 6.65. The Bertz CT molecular complexity index is 155. The topological polar surface area (TPSA) is 25.8 Å². The number of halogens is 5. The van der Waals surface area contributed by atoms with E-state index in [4.69, 9.17) is 11.6 Å². The molecule has 0 aromatic rings. The summed E-state index contributed by atoms with van der Waals surface area (Å²) < 4.78 is 38.8. The van der Waals surface area contributed by atoms with Crippen molar-refractivity contribution in [3.8, 4) is 0 Å².